The van der Waals surface area contributed by atoms with Crippen molar-refractivity contribution in [3.63, 3.8) is 0 Å². The summed E-state index contributed by atoms with van der Waals surface area (Å²) in [5.74, 6) is 0.891. The molecule has 0 bridgehead atoms. The Morgan fingerprint density at radius 1 is 1.31 bits per heavy atom. The summed E-state index contributed by atoms with van der Waals surface area (Å²) in [6.45, 7) is 6.45. The van der Waals surface area contributed by atoms with Crippen LogP contribution in [0.3, 0.4) is 0 Å². The standard InChI is InChI=1S/C13H21NO2/c1-13(2,3)11-8-10(14(4)9-15)6-7-12(11)16-5/h6-8,15H,9H2,1-5H3. The number of aliphatic hydroxyl groups excluding tert-OH is 1. The van der Waals surface area contributed by atoms with Crippen molar-refractivity contribution in [2.24, 2.45) is 0 Å². The molecule has 1 aromatic carbocycles. The molecule has 0 saturated heterocycles. The second-order valence-corrected chi connectivity index (χ2v) is 4.97. The predicted octanol–water partition coefficient (Wildman–Crippen LogP) is 2.38. The van der Waals surface area contributed by atoms with Gasteiger partial charge in [0.2, 0.25) is 0 Å². The Kier molecular flexibility index (Phi) is 3.81. The van der Waals surface area contributed by atoms with Gasteiger partial charge in [0.05, 0.1) is 7.11 Å². The first-order chi connectivity index (χ1) is 7.40. The van der Waals surface area contributed by atoms with E-state index in [4.69, 9.17) is 9.84 Å². The summed E-state index contributed by atoms with van der Waals surface area (Å²) in [4.78, 5) is 1.79. The summed E-state index contributed by atoms with van der Waals surface area (Å²) >= 11 is 0. The van der Waals surface area contributed by atoms with Gasteiger partial charge in [-0.05, 0) is 23.6 Å². The van der Waals surface area contributed by atoms with Crippen LogP contribution in [-0.4, -0.2) is 26.0 Å². The molecular formula is C13H21NO2. The number of hydrogen-bond donors (Lipinski definition) is 1. The van der Waals surface area contributed by atoms with Gasteiger partial charge in [0.1, 0.15) is 12.5 Å². The smallest absolute Gasteiger partial charge is 0.122 e. The molecule has 0 atom stereocenters. The lowest BCUT2D eigenvalue weighted by molar-refractivity contribution is 0.298. The van der Waals surface area contributed by atoms with Crippen LogP contribution in [0.2, 0.25) is 0 Å². The number of anilines is 1. The SMILES string of the molecule is COc1ccc(N(C)CO)cc1C(C)(C)C. The summed E-state index contributed by atoms with van der Waals surface area (Å²) in [6, 6.07) is 5.96. The van der Waals surface area contributed by atoms with Crippen molar-refractivity contribution in [2.75, 3.05) is 25.8 Å². The number of hydrogen-bond acceptors (Lipinski definition) is 3. The molecule has 16 heavy (non-hydrogen) atoms. The van der Waals surface area contributed by atoms with E-state index in [0.29, 0.717) is 0 Å². The Morgan fingerprint density at radius 2 is 1.94 bits per heavy atom. The summed E-state index contributed by atoms with van der Waals surface area (Å²) in [7, 11) is 3.54. The zero-order valence-corrected chi connectivity index (χ0v) is 10.7. The second kappa shape index (κ2) is 4.74. The van der Waals surface area contributed by atoms with E-state index >= 15 is 0 Å². The van der Waals surface area contributed by atoms with Gasteiger partial charge in [-0.25, -0.2) is 0 Å². The molecule has 0 unspecified atom stereocenters. The van der Waals surface area contributed by atoms with E-state index in [1.54, 1.807) is 12.0 Å². The van der Waals surface area contributed by atoms with Gasteiger partial charge in [0.15, 0.2) is 0 Å². The number of aliphatic hydroxyl groups is 1. The summed E-state index contributed by atoms with van der Waals surface area (Å²) in [5, 5.41) is 9.10. The molecule has 3 nitrogen and oxygen atoms in total. The van der Waals surface area contributed by atoms with Crippen LogP contribution in [0.5, 0.6) is 5.75 Å². The fourth-order valence-electron chi connectivity index (χ4n) is 1.60. The van der Waals surface area contributed by atoms with Crippen molar-refractivity contribution in [1.82, 2.24) is 0 Å². The summed E-state index contributed by atoms with van der Waals surface area (Å²) in [6.07, 6.45) is 0. The summed E-state index contributed by atoms with van der Waals surface area (Å²) < 4.78 is 5.36. The fraction of sp³-hybridized carbons (Fsp3) is 0.538. The Morgan fingerprint density at radius 3 is 2.38 bits per heavy atom. The first kappa shape index (κ1) is 12.8. The Balaban J connectivity index is 3.22. The molecule has 3 heteroatoms. The van der Waals surface area contributed by atoms with Crippen LogP contribution >= 0.6 is 0 Å². The normalized spacial score (nSPS) is 11.4. The zero-order chi connectivity index (χ0) is 12.3. The van der Waals surface area contributed by atoms with Crippen molar-refractivity contribution < 1.29 is 9.84 Å². The number of ether oxygens (including phenoxy) is 1. The first-order valence-electron chi connectivity index (χ1n) is 5.40. The lowest BCUT2D eigenvalue weighted by Crippen LogP contribution is -2.19. The van der Waals surface area contributed by atoms with Gasteiger partial charge < -0.3 is 14.7 Å². The zero-order valence-electron chi connectivity index (χ0n) is 10.7. The minimum atomic E-state index is 0.00983. The van der Waals surface area contributed by atoms with E-state index in [1.165, 1.54) is 0 Å². The van der Waals surface area contributed by atoms with E-state index < -0.39 is 0 Å². The number of benzene rings is 1. The maximum atomic E-state index is 9.10. The van der Waals surface area contributed by atoms with Gasteiger partial charge in [-0.1, -0.05) is 20.8 Å². The van der Waals surface area contributed by atoms with Crippen LogP contribution < -0.4 is 9.64 Å². The molecule has 0 amide bonds. The minimum Gasteiger partial charge on any atom is -0.496 e. The minimum absolute atomic E-state index is 0.00983. The highest BCUT2D eigenvalue weighted by Gasteiger charge is 2.19. The van der Waals surface area contributed by atoms with Gasteiger partial charge in [-0.3, -0.25) is 0 Å². The van der Waals surface area contributed by atoms with E-state index in [1.807, 2.05) is 19.2 Å². The monoisotopic (exact) mass is 223 g/mol. The van der Waals surface area contributed by atoms with Crippen molar-refractivity contribution in [3.8, 4) is 5.75 Å². The Bertz CT molecular complexity index is 355. The molecule has 0 saturated carbocycles. The molecule has 0 spiro atoms. The highest BCUT2D eigenvalue weighted by Crippen LogP contribution is 2.34. The van der Waals surface area contributed by atoms with Crippen molar-refractivity contribution in [2.45, 2.75) is 26.2 Å². The van der Waals surface area contributed by atoms with Crippen molar-refractivity contribution >= 4 is 5.69 Å². The average molecular weight is 223 g/mol. The van der Waals surface area contributed by atoms with Crippen LogP contribution in [-0.2, 0) is 5.41 Å². The van der Waals surface area contributed by atoms with Crippen LogP contribution in [0.1, 0.15) is 26.3 Å². The lowest BCUT2D eigenvalue weighted by Gasteiger charge is -2.25. The molecule has 0 aromatic heterocycles. The maximum Gasteiger partial charge on any atom is 0.122 e. The van der Waals surface area contributed by atoms with Crippen molar-refractivity contribution in [1.29, 1.82) is 0 Å². The maximum absolute atomic E-state index is 9.10. The Hall–Kier alpha value is -1.22. The third-order valence-corrected chi connectivity index (χ3v) is 2.64. The van der Waals surface area contributed by atoms with Crippen LogP contribution in [0, 0.1) is 0 Å². The number of methoxy groups -OCH3 is 1. The first-order valence-corrected chi connectivity index (χ1v) is 5.40. The Labute approximate surface area is 97.7 Å². The van der Waals surface area contributed by atoms with Crippen LogP contribution in [0.4, 0.5) is 5.69 Å². The van der Waals surface area contributed by atoms with E-state index in [9.17, 15) is 0 Å². The van der Waals surface area contributed by atoms with Gasteiger partial charge in [-0.15, -0.1) is 0 Å². The molecule has 90 valence electrons. The quantitative estimate of drug-likeness (QED) is 0.799. The average Bonchev–Trinajstić information content (AvgIpc) is 2.26. The van der Waals surface area contributed by atoms with E-state index in [-0.39, 0.29) is 12.1 Å². The van der Waals surface area contributed by atoms with Gasteiger partial charge in [0, 0.05) is 18.3 Å². The molecule has 1 N–H and O–H groups in total. The third-order valence-electron chi connectivity index (χ3n) is 2.64. The molecule has 0 heterocycles. The lowest BCUT2D eigenvalue weighted by atomic mass is 9.86. The third kappa shape index (κ3) is 2.67. The molecular weight excluding hydrogens is 202 g/mol. The van der Waals surface area contributed by atoms with Crippen molar-refractivity contribution in [3.05, 3.63) is 23.8 Å². The van der Waals surface area contributed by atoms with Crippen LogP contribution in [0.15, 0.2) is 18.2 Å². The van der Waals surface area contributed by atoms with Gasteiger partial charge in [-0.2, -0.15) is 0 Å². The summed E-state index contributed by atoms with van der Waals surface area (Å²) in [5.41, 5.74) is 2.17. The fourth-order valence-corrected chi connectivity index (χ4v) is 1.60. The molecule has 0 fully saturated rings. The molecule has 0 aliphatic carbocycles. The molecule has 1 rings (SSSR count). The molecule has 0 aliphatic rings. The highest BCUT2D eigenvalue weighted by molar-refractivity contribution is 5.54. The topological polar surface area (TPSA) is 32.7 Å². The second-order valence-electron chi connectivity index (χ2n) is 4.97. The highest BCUT2D eigenvalue weighted by atomic mass is 16.5. The predicted molar refractivity (Wildman–Crippen MR) is 67.2 cm³/mol. The van der Waals surface area contributed by atoms with Gasteiger partial charge >= 0.3 is 0 Å². The van der Waals surface area contributed by atoms with Gasteiger partial charge in [0.25, 0.3) is 0 Å². The van der Waals surface area contributed by atoms with Crippen LogP contribution in [0.25, 0.3) is 0 Å². The number of rotatable bonds is 3. The number of nitrogens with zero attached hydrogens (tertiary/aromatic N) is 1. The van der Waals surface area contributed by atoms with E-state index in [0.717, 1.165) is 17.0 Å². The molecule has 0 aliphatic heterocycles. The molecule has 1 aromatic rings. The molecule has 0 radical (unpaired) electrons. The van der Waals surface area contributed by atoms with E-state index in [2.05, 4.69) is 26.8 Å². The largest absolute Gasteiger partial charge is 0.496 e.